The predicted octanol–water partition coefficient (Wildman–Crippen LogP) is 2.94. The summed E-state index contributed by atoms with van der Waals surface area (Å²) in [6.07, 6.45) is 0. The van der Waals surface area contributed by atoms with Gasteiger partial charge in [-0.3, -0.25) is 9.59 Å². The first-order valence-electron chi connectivity index (χ1n) is 7.89. The van der Waals surface area contributed by atoms with Crippen LogP contribution in [0.15, 0.2) is 59.5 Å². The number of thioether (sulfide) groups is 1. The second-order valence-corrected chi connectivity index (χ2v) is 7.14. The van der Waals surface area contributed by atoms with Gasteiger partial charge in [0, 0.05) is 23.5 Å². The maximum Gasteiger partial charge on any atom is 0.248 e. The van der Waals surface area contributed by atoms with Crippen molar-refractivity contribution >= 4 is 29.1 Å². The van der Waals surface area contributed by atoms with Crippen LogP contribution in [0.1, 0.15) is 10.4 Å². The van der Waals surface area contributed by atoms with Crippen molar-refractivity contribution in [2.75, 3.05) is 32.1 Å². The minimum absolute atomic E-state index is 0.130. The number of likely N-dealkylation sites (N-methyl/N-ethyl adjacent to an activating group) is 1. The predicted molar refractivity (Wildman–Crippen MR) is 97.8 cm³/mol. The van der Waals surface area contributed by atoms with Gasteiger partial charge in [0.2, 0.25) is 5.91 Å². The molecular weight excluding hydrogens is 320 g/mol. The third kappa shape index (κ3) is 3.37. The third-order valence-electron chi connectivity index (χ3n) is 3.96. The van der Waals surface area contributed by atoms with Gasteiger partial charge in [-0.05, 0) is 26.2 Å². The lowest BCUT2D eigenvalue weighted by Gasteiger charge is -2.33. The number of Topliss-reactive ketones (excluding diaryl/α,β-unsaturated/α-hetero) is 1. The van der Waals surface area contributed by atoms with Crippen LogP contribution in [0, 0.1) is 0 Å². The number of hydrogen-bond acceptors (Lipinski definition) is 4. The number of carbonyl (C=O) groups excluding carboxylic acids is 2. The number of anilines is 1. The van der Waals surface area contributed by atoms with E-state index in [-0.39, 0.29) is 11.7 Å². The molecule has 24 heavy (non-hydrogen) atoms. The molecule has 0 aromatic heterocycles. The Morgan fingerprint density at radius 3 is 2.46 bits per heavy atom. The van der Waals surface area contributed by atoms with Gasteiger partial charge in [-0.1, -0.05) is 42.5 Å². The summed E-state index contributed by atoms with van der Waals surface area (Å²) in [7, 11) is 3.95. The molecule has 124 valence electrons. The molecule has 0 aliphatic carbocycles. The molecule has 0 fully saturated rings. The summed E-state index contributed by atoms with van der Waals surface area (Å²) in [5.74, 6) is -0.260. The molecule has 5 heteroatoms. The standard InChI is InChI=1S/C19H20N2O2S/c1-20(2)12-13-21-15-10-6-7-11-16(15)24-18(19(21)23)17(22)14-8-4-3-5-9-14/h3-11,18H,12-13H2,1-2H3. The second-order valence-electron chi connectivity index (χ2n) is 5.99. The Morgan fingerprint density at radius 1 is 1.08 bits per heavy atom. The maximum absolute atomic E-state index is 13.0. The highest BCUT2D eigenvalue weighted by atomic mass is 32.2. The van der Waals surface area contributed by atoms with Gasteiger partial charge in [-0.25, -0.2) is 0 Å². The van der Waals surface area contributed by atoms with Gasteiger partial charge in [0.1, 0.15) is 0 Å². The summed E-state index contributed by atoms with van der Waals surface area (Å²) < 4.78 is 0. The molecule has 0 radical (unpaired) electrons. The van der Waals surface area contributed by atoms with E-state index in [0.717, 1.165) is 17.1 Å². The molecule has 0 saturated carbocycles. The van der Waals surface area contributed by atoms with Crippen molar-refractivity contribution in [3.63, 3.8) is 0 Å². The number of carbonyl (C=O) groups is 2. The average molecular weight is 340 g/mol. The Morgan fingerprint density at radius 2 is 1.75 bits per heavy atom. The van der Waals surface area contributed by atoms with E-state index < -0.39 is 5.25 Å². The monoisotopic (exact) mass is 340 g/mol. The lowest BCUT2D eigenvalue weighted by atomic mass is 10.1. The van der Waals surface area contributed by atoms with E-state index in [4.69, 9.17) is 0 Å². The Bertz CT molecular complexity index is 746. The van der Waals surface area contributed by atoms with E-state index in [1.54, 1.807) is 17.0 Å². The Hall–Kier alpha value is -2.11. The number of benzene rings is 2. The molecule has 0 bridgehead atoms. The summed E-state index contributed by atoms with van der Waals surface area (Å²) in [5.41, 5.74) is 1.47. The van der Waals surface area contributed by atoms with Crippen molar-refractivity contribution in [1.29, 1.82) is 0 Å². The molecule has 1 amide bonds. The van der Waals surface area contributed by atoms with Crippen LogP contribution in [0.3, 0.4) is 0 Å². The summed E-state index contributed by atoms with van der Waals surface area (Å²) >= 11 is 1.35. The van der Waals surface area contributed by atoms with Crippen LogP contribution < -0.4 is 4.90 Å². The van der Waals surface area contributed by atoms with Gasteiger partial charge in [0.15, 0.2) is 11.0 Å². The van der Waals surface area contributed by atoms with Crippen LogP contribution in [0.4, 0.5) is 5.69 Å². The number of nitrogens with zero attached hydrogens (tertiary/aromatic N) is 2. The number of rotatable bonds is 5. The number of para-hydroxylation sites is 1. The number of hydrogen-bond donors (Lipinski definition) is 0. The van der Waals surface area contributed by atoms with E-state index in [1.165, 1.54) is 11.8 Å². The summed E-state index contributed by atoms with van der Waals surface area (Å²) in [6, 6.07) is 16.8. The van der Waals surface area contributed by atoms with E-state index >= 15 is 0 Å². The van der Waals surface area contributed by atoms with E-state index in [9.17, 15) is 9.59 Å². The summed E-state index contributed by atoms with van der Waals surface area (Å²) in [5, 5.41) is -0.718. The molecule has 1 aliphatic rings. The summed E-state index contributed by atoms with van der Waals surface area (Å²) in [6.45, 7) is 1.32. The van der Waals surface area contributed by atoms with E-state index in [1.807, 2.05) is 61.5 Å². The van der Waals surface area contributed by atoms with Gasteiger partial charge in [0.05, 0.1) is 5.69 Å². The van der Waals surface area contributed by atoms with Crippen molar-refractivity contribution in [1.82, 2.24) is 4.90 Å². The summed E-state index contributed by atoms with van der Waals surface area (Å²) in [4.78, 5) is 30.6. The lowest BCUT2D eigenvalue weighted by Crippen LogP contribution is -2.46. The highest BCUT2D eigenvalue weighted by molar-refractivity contribution is 8.01. The van der Waals surface area contributed by atoms with Crippen LogP contribution in [-0.2, 0) is 4.79 Å². The maximum atomic E-state index is 13.0. The molecule has 1 aliphatic heterocycles. The van der Waals surface area contributed by atoms with Crippen LogP contribution in [0.25, 0.3) is 0 Å². The Labute approximate surface area is 146 Å². The molecule has 1 unspecified atom stereocenters. The zero-order valence-electron chi connectivity index (χ0n) is 13.8. The first-order chi connectivity index (χ1) is 11.6. The van der Waals surface area contributed by atoms with Gasteiger partial charge in [0.25, 0.3) is 0 Å². The van der Waals surface area contributed by atoms with E-state index in [0.29, 0.717) is 12.1 Å². The fourth-order valence-corrected chi connectivity index (χ4v) is 3.85. The second kappa shape index (κ2) is 7.20. The van der Waals surface area contributed by atoms with Crippen LogP contribution in [0.2, 0.25) is 0 Å². The molecule has 0 spiro atoms. The quantitative estimate of drug-likeness (QED) is 0.620. The van der Waals surface area contributed by atoms with Crippen LogP contribution in [0.5, 0.6) is 0 Å². The third-order valence-corrected chi connectivity index (χ3v) is 5.21. The fourth-order valence-electron chi connectivity index (χ4n) is 2.67. The number of amides is 1. The van der Waals surface area contributed by atoms with Crippen molar-refractivity contribution in [2.24, 2.45) is 0 Å². The van der Waals surface area contributed by atoms with E-state index in [2.05, 4.69) is 0 Å². The van der Waals surface area contributed by atoms with Gasteiger partial charge >= 0.3 is 0 Å². The van der Waals surface area contributed by atoms with Crippen molar-refractivity contribution in [3.8, 4) is 0 Å². The van der Waals surface area contributed by atoms with Gasteiger partial charge in [-0.2, -0.15) is 0 Å². The van der Waals surface area contributed by atoms with Gasteiger partial charge in [-0.15, -0.1) is 11.8 Å². The first kappa shape index (κ1) is 16.7. The fraction of sp³-hybridized carbons (Fsp3) is 0.263. The number of ketones is 1. The minimum atomic E-state index is -0.718. The average Bonchev–Trinajstić information content (AvgIpc) is 2.60. The smallest absolute Gasteiger partial charge is 0.248 e. The molecule has 3 rings (SSSR count). The largest absolute Gasteiger partial charge is 0.309 e. The SMILES string of the molecule is CN(C)CCN1C(=O)C(C(=O)c2ccccc2)Sc2ccccc21. The van der Waals surface area contributed by atoms with Crippen molar-refractivity contribution in [3.05, 3.63) is 60.2 Å². The van der Waals surface area contributed by atoms with Crippen LogP contribution >= 0.6 is 11.8 Å². The molecule has 0 N–H and O–H groups in total. The molecule has 2 aromatic carbocycles. The van der Waals surface area contributed by atoms with Crippen LogP contribution in [-0.4, -0.2) is 49.0 Å². The highest BCUT2D eigenvalue weighted by Gasteiger charge is 2.38. The molecule has 1 heterocycles. The Kier molecular flexibility index (Phi) is 5.02. The number of fused-ring (bicyclic) bond motifs is 1. The normalized spacial score (nSPS) is 17.0. The molecule has 4 nitrogen and oxygen atoms in total. The topological polar surface area (TPSA) is 40.6 Å². The molecular formula is C19H20N2O2S. The minimum Gasteiger partial charge on any atom is -0.309 e. The highest BCUT2D eigenvalue weighted by Crippen LogP contribution is 2.40. The zero-order valence-corrected chi connectivity index (χ0v) is 14.6. The molecule has 1 atom stereocenters. The van der Waals surface area contributed by atoms with Crippen molar-refractivity contribution < 1.29 is 9.59 Å². The lowest BCUT2D eigenvalue weighted by molar-refractivity contribution is -0.117. The first-order valence-corrected chi connectivity index (χ1v) is 8.77. The Balaban J connectivity index is 1.93. The van der Waals surface area contributed by atoms with Gasteiger partial charge < -0.3 is 9.80 Å². The van der Waals surface area contributed by atoms with Crippen molar-refractivity contribution in [2.45, 2.75) is 10.1 Å². The molecule has 0 saturated heterocycles. The molecule has 2 aromatic rings. The zero-order chi connectivity index (χ0) is 17.1.